The molecule has 3 rings (SSSR count). The van der Waals surface area contributed by atoms with E-state index in [0.717, 1.165) is 37.2 Å². The van der Waals surface area contributed by atoms with Crippen LogP contribution in [0.2, 0.25) is 5.02 Å². The first-order valence-electron chi connectivity index (χ1n) is 9.08. The van der Waals surface area contributed by atoms with E-state index >= 15 is 0 Å². The predicted molar refractivity (Wildman–Crippen MR) is 107 cm³/mol. The van der Waals surface area contributed by atoms with E-state index in [9.17, 15) is 9.59 Å². The molecule has 1 heterocycles. The van der Waals surface area contributed by atoms with Crippen molar-refractivity contribution in [2.45, 2.75) is 19.3 Å². The average molecular weight is 387 g/mol. The van der Waals surface area contributed by atoms with Crippen LogP contribution in [-0.4, -0.2) is 38.6 Å². The lowest BCUT2D eigenvalue weighted by molar-refractivity contribution is 0.0600. The predicted octanol–water partition coefficient (Wildman–Crippen LogP) is 3.70. The van der Waals surface area contributed by atoms with Crippen LogP contribution in [0.15, 0.2) is 42.5 Å². The molecule has 0 unspecified atom stereocenters. The molecule has 6 heteroatoms. The van der Waals surface area contributed by atoms with E-state index in [1.54, 1.807) is 18.2 Å². The van der Waals surface area contributed by atoms with Gasteiger partial charge in [0.1, 0.15) is 0 Å². The topological polar surface area (TPSA) is 58.6 Å². The fraction of sp³-hybridized carbons (Fsp3) is 0.333. The zero-order valence-corrected chi connectivity index (χ0v) is 16.1. The Balaban J connectivity index is 1.61. The summed E-state index contributed by atoms with van der Waals surface area (Å²) in [5, 5.41) is 3.53. The summed E-state index contributed by atoms with van der Waals surface area (Å²) in [5.74, 6) is -0.476. The van der Waals surface area contributed by atoms with Crippen LogP contribution in [0.5, 0.6) is 0 Å². The number of rotatable bonds is 6. The van der Waals surface area contributed by atoms with Crippen molar-refractivity contribution in [2.75, 3.05) is 31.6 Å². The van der Waals surface area contributed by atoms with Crippen molar-refractivity contribution in [1.29, 1.82) is 0 Å². The second-order valence-electron chi connectivity index (χ2n) is 6.55. The molecule has 142 valence electrons. The van der Waals surface area contributed by atoms with Gasteiger partial charge in [0.15, 0.2) is 0 Å². The maximum atomic E-state index is 12.7. The Morgan fingerprint density at radius 3 is 2.48 bits per heavy atom. The molecule has 1 fully saturated rings. The maximum Gasteiger partial charge on any atom is 0.337 e. The fourth-order valence-electron chi connectivity index (χ4n) is 3.26. The molecule has 2 aromatic rings. The minimum atomic E-state index is -0.356. The second-order valence-corrected chi connectivity index (χ2v) is 6.99. The van der Waals surface area contributed by atoms with Crippen LogP contribution in [0.1, 0.15) is 39.1 Å². The molecule has 1 N–H and O–H groups in total. The second kappa shape index (κ2) is 8.91. The summed E-state index contributed by atoms with van der Waals surface area (Å²) in [6.07, 6.45) is 2.96. The number of carbonyl (C=O) groups excluding carboxylic acids is 2. The molecule has 2 aromatic carbocycles. The van der Waals surface area contributed by atoms with E-state index in [2.05, 4.69) is 10.2 Å². The molecular formula is C21H23ClN2O3. The van der Waals surface area contributed by atoms with Crippen molar-refractivity contribution in [1.82, 2.24) is 5.32 Å². The third kappa shape index (κ3) is 4.80. The molecule has 1 aliphatic rings. The molecule has 0 spiro atoms. The highest BCUT2D eigenvalue weighted by Crippen LogP contribution is 2.27. The van der Waals surface area contributed by atoms with Crippen LogP contribution in [-0.2, 0) is 11.2 Å². The third-order valence-corrected chi connectivity index (χ3v) is 4.96. The molecule has 1 aliphatic heterocycles. The van der Waals surface area contributed by atoms with Crippen LogP contribution < -0.4 is 10.2 Å². The van der Waals surface area contributed by atoms with Gasteiger partial charge in [-0.1, -0.05) is 23.7 Å². The summed E-state index contributed by atoms with van der Waals surface area (Å²) >= 11 is 6.11. The molecule has 0 aliphatic carbocycles. The van der Waals surface area contributed by atoms with Crippen LogP contribution >= 0.6 is 11.6 Å². The molecular weight excluding hydrogens is 364 g/mol. The van der Waals surface area contributed by atoms with Gasteiger partial charge in [0, 0.05) is 30.3 Å². The lowest BCUT2D eigenvalue weighted by Gasteiger charge is -2.21. The number of ether oxygens (including phenoxy) is 1. The summed E-state index contributed by atoms with van der Waals surface area (Å²) in [6.45, 7) is 2.44. The quantitative estimate of drug-likeness (QED) is 0.769. The van der Waals surface area contributed by atoms with Gasteiger partial charge in [-0.3, -0.25) is 4.79 Å². The van der Waals surface area contributed by atoms with Gasteiger partial charge in [0.05, 0.1) is 18.2 Å². The Bertz CT molecular complexity index is 815. The number of halogens is 1. The number of nitrogens with zero attached hydrogens (tertiary/aromatic N) is 1. The van der Waals surface area contributed by atoms with Gasteiger partial charge in [0.2, 0.25) is 0 Å². The number of hydrogen-bond donors (Lipinski definition) is 1. The van der Waals surface area contributed by atoms with Gasteiger partial charge in [0.25, 0.3) is 5.91 Å². The number of benzene rings is 2. The molecule has 0 atom stereocenters. The minimum absolute atomic E-state index is 0.120. The van der Waals surface area contributed by atoms with Crippen LogP contribution in [0.4, 0.5) is 5.69 Å². The van der Waals surface area contributed by atoms with Gasteiger partial charge in [-0.25, -0.2) is 4.79 Å². The van der Waals surface area contributed by atoms with E-state index in [4.69, 9.17) is 16.3 Å². The first-order valence-corrected chi connectivity index (χ1v) is 9.46. The van der Waals surface area contributed by atoms with Crippen molar-refractivity contribution in [3.8, 4) is 0 Å². The van der Waals surface area contributed by atoms with Gasteiger partial charge in [-0.15, -0.1) is 0 Å². The lowest BCUT2D eigenvalue weighted by atomic mass is 10.1. The highest BCUT2D eigenvalue weighted by molar-refractivity contribution is 6.31. The van der Waals surface area contributed by atoms with Crippen LogP contribution in [0, 0.1) is 0 Å². The minimum Gasteiger partial charge on any atom is -0.465 e. The van der Waals surface area contributed by atoms with Gasteiger partial charge >= 0.3 is 5.97 Å². The Morgan fingerprint density at radius 1 is 1.11 bits per heavy atom. The Morgan fingerprint density at radius 2 is 1.81 bits per heavy atom. The Labute approximate surface area is 164 Å². The molecule has 0 radical (unpaired) electrons. The zero-order valence-electron chi connectivity index (χ0n) is 15.3. The molecule has 5 nitrogen and oxygen atoms in total. The van der Waals surface area contributed by atoms with Crippen LogP contribution in [0.25, 0.3) is 0 Å². The Hall–Kier alpha value is -2.53. The van der Waals surface area contributed by atoms with E-state index in [1.165, 1.54) is 7.11 Å². The zero-order chi connectivity index (χ0) is 19.2. The smallest absolute Gasteiger partial charge is 0.337 e. The summed E-state index contributed by atoms with van der Waals surface area (Å²) < 4.78 is 4.69. The standard InChI is InChI=1S/C21H23ClN2O3/c1-27-21(26)16-6-4-15(5-7-16)10-11-23-20(25)18-14-17(22)8-9-19(18)24-12-2-3-13-24/h4-9,14H,2-3,10-13H2,1H3,(H,23,25). The molecule has 0 saturated carbocycles. The summed E-state index contributed by atoms with van der Waals surface area (Å²) in [4.78, 5) is 26.4. The average Bonchev–Trinajstić information content (AvgIpc) is 3.22. The van der Waals surface area contributed by atoms with Crippen molar-refractivity contribution in [2.24, 2.45) is 0 Å². The first-order chi connectivity index (χ1) is 13.1. The fourth-order valence-corrected chi connectivity index (χ4v) is 3.44. The summed E-state index contributed by atoms with van der Waals surface area (Å²) in [6, 6.07) is 12.7. The van der Waals surface area contributed by atoms with E-state index < -0.39 is 0 Å². The number of methoxy groups -OCH3 is 1. The number of carbonyl (C=O) groups is 2. The molecule has 0 aromatic heterocycles. The number of anilines is 1. The number of nitrogens with one attached hydrogen (secondary N) is 1. The van der Waals surface area contributed by atoms with Gasteiger partial charge < -0.3 is 15.0 Å². The molecule has 1 saturated heterocycles. The molecule has 27 heavy (non-hydrogen) atoms. The highest BCUT2D eigenvalue weighted by Gasteiger charge is 2.19. The number of amides is 1. The summed E-state index contributed by atoms with van der Waals surface area (Å²) in [5.41, 5.74) is 3.11. The van der Waals surface area contributed by atoms with Crippen molar-refractivity contribution in [3.63, 3.8) is 0 Å². The highest BCUT2D eigenvalue weighted by atomic mass is 35.5. The van der Waals surface area contributed by atoms with Gasteiger partial charge in [-0.05, 0) is 55.2 Å². The lowest BCUT2D eigenvalue weighted by Crippen LogP contribution is -2.29. The van der Waals surface area contributed by atoms with E-state index in [0.29, 0.717) is 29.1 Å². The van der Waals surface area contributed by atoms with Crippen molar-refractivity contribution < 1.29 is 14.3 Å². The Kier molecular flexibility index (Phi) is 6.35. The normalized spacial score (nSPS) is 13.5. The van der Waals surface area contributed by atoms with Crippen LogP contribution in [0.3, 0.4) is 0 Å². The SMILES string of the molecule is COC(=O)c1ccc(CCNC(=O)c2cc(Cl)ccc2N2CCCC2)cc1. The largest absolute Gasteiger partial charge is 0.465 e. The van der Waals surface area contributed by atoms with Gasteiger partial charge in [-0.2, -0.15) is 0 Å². The maximum absolute atomic E-state index is 12.7. The monoisotopic (exact) mass is 386 g/mol. The van der Waals surface area contributed by atoms with Crippen molar-refractivity contribution in [3.05, 3.63) is 64.2 Å². The summed E-state index contributed by atoms with van der Waals surface area (Å²) in [7, 11) is 1.36. The molecule has 0 bridgehead atoms. The number of hydrogen-bond acceptors (Lipinski definition) is 4. The first kappa shape index (κ1) is 19.2. The van der Waals surface area contributed by atoms with E-state index in [-0.39, 0.29) is 11.9 Å². The number of esters is 1. The third-order valence-electron chi connectivity index (χ3n) is 4.72. The van der Waals surface area contributed by atoms with E-state index in [1.807, 2.05) is 24.3 Å². The molecule has 1 amide bonds. The van der Waals surface area contributed by atoms with Crippen molar-refractivity contribution >= 4 is 29.2 Å².